The molecule has 5 nitrogen and oxygen atoms in total. The number of rotatable bonds is 7. The smallest absolute Gasteiger partial charge is 0.416 e. The number of carbonyl (C=O) groups excluding carboxylic acids is 1. The lowest BCUT2D eigenvalue weighted by Gasteiger charge is -2.37. The number of allylic oxidation sites excluding steroid dienone is 1. The third kappa shape index (κ3) is 5.16. The third-order valence-electron chi connectivity index (χ3n) is 5.64. The Morgan fingerprint density at radius 2 is 1.90 bits per heavy atom. The molecule has 1 amide bonds. The van der Waals surface area contributed by atoms with Gasteiger partial charge in [0.15, 0.2) is 5.76 Å². The first-order valence-corrected chi connectivity index (χ1v) is 10.4. The van der Waals surface area contributed by atoms with Crippen molar-refractivity contribution in [2.45, 2.75) is 51.0 Å². The van der Waals surface area contributed by atoms with E-state index in [-0.39, 0.29) is 30.1 Å². The number of aliphatic hydroxyl groups is 1. The lowest BCUT2D eigenvalue weighted by molar-refractivity contribution is -0.170. The molecule has 3 rings (SSSR count). The van der Waals surface area contributed by atoms with E-state index in [1.165, 1.54) is 12.1 Å². The van der Waals surface area contributed by atoms with Crippen LogP contribution < -0.4 is 0 Å². The molecule has 2 aliphatic heterocycles. The fraction of sp³-hybridized carbons (Fsp3) is 0.591. The molecule has 0 saturated carbocycles. The molecule has 2 heterocycles. The van der Waals surface area contributed by atoms with Gasteiger partial charge in [-0.1, -0.05) is 12.1 Å². The maximum atomic E-state index is 13.0. The number of likely N-dealkylation sites (tertiary alicyclic amines) is 1. The van der Waals surface area contributed by atoms with E-state index in [1.807, 2.05) is 6.92 Å². The molecule has 3 atom stereocenters. The Morgan fingerprint density at radius 1 is 1.23 bits per heavy atom. The number of aliphatic hydroxyl groups excluding tert-OH is 1. The van der Waals surface area contributed by atoms with Crippen molar-refractivity contribution in [1.82, 2.24) is 4.90 Å². The molecular formula is C22H28F3NO4. The first-order valence-electron chi connectivity index (χ1n) is 10.4. The highest BCUT2D eigenvalue weighted by molar-refractivity contribution is 5.92. The Kier molecular flexibility index (Phi) is 7.41. The van der Waals surface area contributed by atoms with E-state index in [2.05, 4.69) is 0 Å². The van der Waals surface area contributed by atoms with E-state index in [1.54, 1.807) is 11.0 Å². The number of nitrogens with zero attached hydrogens (tertiary/aromatic N) is 1. The average molecular weight is 427 g/mol. The molecule has 0 spiro atoms. The SMILES string of the molecule is CCO[C@@H]1OC(C(=O)N2CCCC2)=C[C@H](c2ccc(C(F)(F)F)cc2)[C@@H]1CCCO. The minimum atomic E-state index is -4.41. The second-order valence-electron chi connectivity index (χ2n) is 7.65. The molecule has 1 saturated heterocycles. The van der Waals surface area contributed by atoms with E-state index in [0.717, 1.165) is 25.0 Å². The molecule has 8 heteroatoms. The van der Waals surface area contributed by atoms with E-state index in [4.69, 9.17) is 9.47 Å². The standard InChI is InChI=1S/C22H28F3NO4/c1-2-29-21-17(6-5-13-27)18(15-7-9-16(10-8-15)22(23,24)25)14-19(30-21)20(28)26-11-3-4-12-26/h7-10,14,17-18,21,27H,2-6,11-13H2,1H3/t17-,18+,21+/m0/s1. The number of benzene rings is 1. The lowest BCUT2D eigenvalue weighted by Crippen LogP contribution is -2.39. The Labute approximate surface area is 174 Å². The molecule has 30 heavy (non-hydrogen) atoms. The Hall–Kier alpha value is -2.06. The summed E-state index contributed by atoms with van der Waals surface area (Å²) in [6.45, 7) is 3.50. The molecule has 0 unspecified atom stereocenters. The highest BCUT2D eigenvalue weighted by atomic mass is 19.4. The van der Waals surface area contributed by atoms with Crippen molar-refractivity contribution in [3.8, 4) is 0 Å². The van der Waals surface area contributed by atoms with Crippen LogP contribution in [0.15, 0.2) is 36.1 Å². The summed E-state index contributed by atoms with van der Waals surface area (Å²) in [6.07, 6.45) is -0.483. The molecule has 0 radical (unpaired) electrons. The van der Waals surface area contributed by atoms with Crippen molar-refractivity contribution in [2.24, 2.45) is 5.92 Å². The van der Waals surface area contributed by atoms with E-state index in [9.17, 15) is 23.1 Å². The van der Waals surface area contributed by atoms with Crippen LogP contribution >= 0.6 is 0 Å². The predicted molar refractivity (Wildman–Crippen MR) is 104 cm³/mol. The van der Waals surface area contributed by atoms with Gasteiger partial charge in [0.05, 0.1) is 5.56 Å². The van der Waals surface area contributed by atoms with Crippen molar-refractivity contribution in [2.75, 3.05) is 26.3 Å². The largest absolute Gasteiger partial charge is 0.459 e. The summed E-state index contributed by atoms with van der Waals surface area (Å²) in [7, 11) is 0. The second kappa shape index (κ2) is 9.83. The lowest BCUT2D eigenvalue weighted by atomic mass is 9.80. The zero-order valence-corrected chi connectivity index (χ0v) is 17.0. The van der Waals surface area contributed by atoms with E-state index in [0.29, 0.717) is 38.1 Å². The third-order valence-corrected chi connectivity index (χ3v) is 5.64. The van der Waals surface area contributed by atoms with Gasteiger partial charge in [0, 0.05) is 38.1 Å². The average Bonchev–Trinajstić information content (AvgIpc) is 3.26. The van der Waals surface area contributed by atoms with Gasteiger partial charge >= 0.3 is 6.18 Å². The van der Waals surface area contributed by atoms with Gasteiger partial charge in [-0.25, -0.2) is 0 Å². The molecule has 1 aromatic carbocycles. The summed E-state index contributed by atoms with van der Waals surface area (Å²) < 4.78 is 50.6. The van der Waals surface area contributed by atoms with E-state index < -0.39 is 18.0 Å². The Bertz CT molecular complexity index is 742. The number of halogens is 3. The van der Waals surface area contributed by atoms with Crippen LogP contribution in [0.3, 0.4) is 0 Å². The first kappa shape index (κ1) is 22.6. The molecule has 0 aromatic heterocycles. The van der Waals surface area contributed by atoms with Crippen molar-refractivity contribution in [3.05, 3.63) is 47.2 Å². The molecule has 1 N–H and O–H groups in total. The summed E-state index contributed by atoms with van der Waals surface area (Å²) in [6, 6.07) is 5.00. The maximum Gasteiger partial charge on any atom is 0.416 e. The van der Waals surface area contributed by atoms with Crippen LogP contribution in [0, 0.1) is 5.92 Å². The molecule has 166 valence electrons. The van der Waals surface area contributed by atoms with Gasteiger partial charge in [-0.15, -0.1) is 0 Å². The van der Waals surface area contributed by atoms with Gasteiger partial charge in [0.25, 0.3) is 5.91 Å². The number of hydrogen-bond acceptors (Lipinski definition) is 4. The zero-order chi connectivity index (χ0) is 21.7. The van der Waals surface area contributed by atoms with Gasteiger partial charge in [-0.2, -0.15) is 13.2 Å². The maximum absolute atomic E-state index is 13.0. The van der Waals surface area contributed by atoms with Gasteiger partial charge in [-0.05, 0) is 56.4 Å². The fourth-order valence-electron chi connectivity index (χ4n) is 4.11. The molecule has 0 aliphatic carbocycles. The summed E-state index contributed by atoms with van der Waals surface area (Å²) in [5.74, 6) is -0.620. The Balaban J connectivity index is 1.95. The monoisotopic (exact) mass is 427 g/mol. The van der Waals surface area contributed by atoms with Crippen LogP contribution in [0.4, 0.5) is 13.2 Å². The summed E-state index contributed by atoms with van der Waals surface area (Å²) >= 11 is 0. The van der Waals surface area contributed by atoms with E-state index >= 15 is 0 Å². The summed E-state index contributed by atoms with van der Waals surface area (Å²) in [4.78, 5) is 14.7. The normalized spacial score (nSPS) is 24.5. The van der Waals surface area contributed by atoms with Gasteiger partial charge in [0.1, 0.15) is 0 Å². The minimum absolute atomic E-state index is 0.0155. The molecule has 2 aliphatic rings. The molecule has 1 aromatic rings. The van der Waals surface area contributed by atoms with Crippen LogP contribution in [0.5, 0.6) is 0 Å². The predicted octanol–water partition coefficient (Wildman–Crippen LogP) is 4.08. The van der Waals surface area contributed by atoms with Crippen LogP contribution in [-0.4, -0.2) is 48.5 Å². The fourth-order valence-corrected chi connectivity index (χ4v) is 4.11. The molecular weight excluding hydrogens is 399 g/mol. The van der Waals surface area contributed by atoms with Gasteiger partial charge in [-0.3, -0.25) is 4.79 Å². The zero-order valence-electron chi connectivity index (χ0n) is 17.0. The highest BCUT2D eigenvalue weighted by Gasteiger charge is 2.39. The number of amides is 1. The number of ether oxygens (including phenoxy) is 2. The topological polar surface area (TPSA) is 59.0 Å². The van der Waals surface area contributed by atoms with Crippen LogP contribution in [0.1, 0.15) is 49.7 Å². The van der Waals surface area contributed by atoms with Crippen molar-refractivity contribution >= 4 is 5.91 Å². The minimum Gasteiger partial charge on any atom is -0.459 e. The number of alkyl halides is 3. The molecule has 0 bridgehead atoms. The quantitative estimate of drug-likeness (QED) is 0.713. The van der Waals surface area contributed by atoms with Crippen molar-refractivity contribution in [3.63, 3.8) is 0 Å². The van der Waals surface area contributed by atoms with Crippen molar-refractivity contribution < 1.29 is 32.5 Å². The Morgan fingerprint density at radius 3 is 2.47 bits per heavy atom. The van der Waals surface area contributed by atoms with Gasteiger partial charge in [0.2, 0.25) is 6.29 Å². The van der Waals surface area contributed by atoms with Crippen molar-refractivity contribution in [1.29, 1.82) is 0 Å². The number of carbonyl (C=O) groups is 1. The summed E-state index contributed by atoms with van der Waals surface area (Å²) in [5.41, 5.74) is -0.0606. The van der Waals surface area contributed by atoms with Crippen LogP contribution in [0.2, 0.25) is 0 Å². The summed E-state index contributed by atoms with van der Waals surface area (Å²) in [5, 5.41) is 9.30. The van der Waals surface area contributed by atoms with Crippen LogP contribution in [0.25, 0.3) is 0 Å². The molecule has 1 fully saturated rings. The van der Waals surface area contributed by atoms with Gasteiger partial charge < -0.3 is 19.5 Å². The van der Waals surface area contributed by atoms with Crippen LogP contribution in [-0.2, 0) is 20.4 Å². The highest BCUT2D eigenvalue weighted by Crippen LogP contribution is 2.40. The number of hydrogen-bond donors (Lipinski definition) is 1. The first-order chi connectivity index (χ1) is 14.3. The second-order valence-corrected chi connectivity index (χ2v) is 7.65.